The molecule has 0 bridgehead atoms. The summed E-state index contributed by atoms with van der Waals surface area (Å²) in [5.74, 6) is -1.75. The van der Waals surface area contributed by atoms with Gasteiger partial charge in [0.25, 0.3) is 11.8 Å². The van der Waals surface area contributed by atoms with Crippen LogP contribution in [0.2, 0.25) is 0 Å². The van der Waals surface area contributed by atoms with E-state index in [4.69, 9.17) is 4.74 Å². The van der Waals surface area contributed by atoms with Crippen molar-refractivity contribution in [2.24, 2.45) is 0 Å². The summed E-state index contributed by atoms with van der Waals surface area (Å²) in [4.78, 5) is 52.4. The standard InChI is InChI=1S/C17H16N2O5/c1-9-17(23)24-13-8-4-7-12(16(22)18(9)13)19-14(20)10-5-2-3-6-11(10)15(19)21/h2-3,5-6,9,12-13H,4,7-8H2,1H3/t9-,12-,13+/m0/s1. The van der Waals surface area contributed by atoms with Crippen LogP contribution in [0.4, 0.5) is 0 Å². The van der Waals surface area contributed by atoms with Gasteiger partial charge in [-0.1, -0.05) is 12.1 Å². The van der Waals surface area contributed by atoms with Crippen LogP contribution in [0.15, 0.2) is 24.3 Å². The van der Waals surface area contributed by atoms with Crippen molar-refractivity contribution in [1.29, 1.82) is 0 Å². The summed E-state index contributed by atoms with van der Waals surface area (Å²) >= 11 is 0. The first kappa shape index (κ1) is 14.9. The second-order valence-corrected chi connectivity index (χ2v) is 6.29. The molecule has 0 spiro atoms. The molecule has 3 heterocycles. The topological polar surface area (TPSA) is 84.0 Å². The number of hydrogen-bond donors (Lipinski definition) is 0. The van der Waals surface area contributed by atoms with Crippen molar-refractivity contribution < 1.29 is 23.9 Å². The van der Waals surface area contributed by atoms with Crippen LogP contribution in [-0.2, 0) is 14.3 Å². The van der Waals surface area contributed by atoms with Gasteiger partial charge in [-0.05, 0) is 31.9 Å². The Balaban J connectivity index is 1.70. The molecule has 3 aliphatic rings. The first-order valence-electron chi connectivity index (χ1n) is 8.00. The summed E-state index contributed by atoms with van der Waals surface area (Å²) in [6.45, 7) is 1.60. The molecule has 4 rings (SSSR count). The highest BCUT2D eigenvalue weighted by molar-refractivity contribution is 6.22. The van der Waals surface area contributed by atoms with E-state index in [1.54, 1.807) is 31.2 Å². The molecule has 24 heavy (non-hydrogen) atoms. The molecule has 2 saturated heterocycles. The summed E-state index contributed by atoms with van der Waals surface area (Å²) < 4.78 is 5.23. The van der Waals surface area contributed by atoms with Crippen molar-refractivity contribution in [1.82, 2.24) is 9.80 Å². The van der Waals surface area contributed by atoms with Crippen LogP contribution < -0.4 is 0 Å². The maximum atomic E-state index is 13.0. The van der Waals surface area contributed by atoms with Gasteiger partial charge in [-0.2, -0.15) is 0 Å². The fourth-order valence-corrected chi connectivity index (χ4v) is 3.69. The summed E-state index contributed by atoms with van der Waals surface area (Å²) in [5, 5.41) is 0. The van der Waals surface area contributed by atoms with E-state index in [1.165, 1.54) is 4.90 Å². The maximum Gasteiger partial charge on any atom is 0.330 e. The molecule has 2 fully saturated rings. The number of ether oxygens (including phenoxy) is 1. The fraction of sp³-hybridized carbons (Fsp3) is 0.412. The van der Waals surface area contributed by atoms with E-state index in [-0.39, 0.29) is 0 Å². The number of hydrogen-bond acceptors (Lipinski definition) is 5. The van der Waals surface area contributed by atoms with E-state index in [2.05, 4.69) is 0 Å². The molecule has 3 amide bonds. The molecule has 0 radical (unpaired) electrons. The first-order chi connectivity index (χ1) is 11.5. The minimum Gasteiger partial charge on any atom is -0.440 e. The summed E-state index contributed by atoms with van der Waals surface area (Å²) in [5.41, 5.74) is 0.635. The lowest BCUT2D eigenvalue weighted by molar-refractivity contribution is -0.143. The van der Waals surface area contributed by atoms with Gasteiger partial charge >= 0.3 is 5.97 Å². The number of carbonyl (C=O) groups is 4. The molecular weight excluding hydrogens is 312 g/mol. The Labute approximate surface area is 138 Å². The van der Waals surface area contributed by atoms with Crippen LogP contribution in [0.5, 0.6) is 0 Å². The monoisotopic (exact) mass is 328 g/mol. The molecule has 7 heteroatoms. The van der Waals surface area contributed by atoms with E-state index in [0.29, 0.717) is 30.4 Å². The fourth-order valence-electron chi connectivity index (χ4n) is 3.69. The molecule has 1 aromatic rings. The number of rotatable bonds is 1. The highest BCUT2D eigenvalue weighted by atomic mass is 16.6. The molecule has 124 valence electrons. The van der Waals surface area contributed by atoms with Crippen LogP contribution in [0, 0.1) is 0 Å². The summed E-state index contributed by atoms with van der Waals surface area (Å²) in [6, 6.07) is 4.97. The lowest BCUT2D eigenvalue weighted by atomic mass is 10.1. The van der Waals surface area contributed by atoms with Gasteiger partial charge in [0.15, 0.2) is 6.23 Å². The predicted octanol–water partition coefficient (Wildman–Crippen LogP) is 0.935. The number of esters is 1. The molecule has 3 aliphatic heterocycles. The van der Waals surface area contributed by atoms with Crippen LogP contribution in [0.25, 0.3) is 0 Å². The van der Waals surface area contributed by atoms with Gasteiger partial charge in [0.2, 0.25) is 5.91 Å². The molecule has 0 N–H and O–H groups in total. The molecule has 7 nitrogen and oxygen atoms in total. The largest absolute Gasteiger partial charge is 0.440 e. The van der Waals surface area contributed by atoms with E-state index in [0.717, 1.165) is 4.90 Å². The zero-order valence-corrected chi connectivity index (χ0v) is 13.1. The van der Waals surface area contributed by atoms with Crippen molar-refractivity contribution in [3.05, 3.63) is 35.4 Å². The maximum absolute atomic E-state index is 13.0. The third kappa shape index (κ3) is 1.90. The zero-order valence-electron chi connectivity index (χ0n) is 13.1. The summed E-state index contributed by atoms with van der Waals surface area (Å²) in [6.07, 6.45) is 0.883. The quantitative estimate of drug-likeness (QED) is 0.566. The Bertz CT molecular complexity index is 739. The van der Waals surface area contributed by atoms with Crippen LogP contribution in [0.1, 0.15) is 46.9 Å². The number of imide groups is 1. The van der Waals surface area contributed by atoms with Crippen molar-refractivity contribution in [3.63, 3.8) is 0 Å². The molecule has 0 aromatic heterocycles. The van der Waals surface area contributed by atoms with Gasteiger partial charge in [0, 0.05) is 6.42 Å². The molecule has 0 unspecified atom stereocenters. The smallest absolute Gasteiger partial charge is 0.330 e. The molecular formula is C17H16N2O5. The number of carbonyl (C=O) groups excluding carboxylic acids is 4. The minimum absolute atomic E-state index is 0.317. The van der Waals surface area contributed by atoms with Crippen molar-refractivity contribution in [2.75, 3.05) is 0 Å². The number of fused-ring (bicyclic) bond motifs is 2. The second-order valence-electron chi connectivity index (χ2n) is 6.29. The molecule has 3 atom stereocenters. The van der Waals surface area contributed by atoms with Gasteiger partial charge in [0.1, 0.15) is 12.1 Å². The van der Waals surface area contributed by atoms with E-state index in [9.17, 15) is 19.2 Å². The van der Waals surface area contributed by atoms with Gasteiger partial charge < -0.3 is 4.74 Å². The van der Waals surface area contributed by atoms with Gasteiger partial charge in [-0.3, -0.25) is 24.2 Å². The average molecular weight is 328 g/mol. The number of benzene rings is 1. The normalized spacial score (nSPS) is 29.5. The first-order valence-corrected chi connectivity index (χ1v) is 8.00. The van der Waals surface area contributed by atoms with Gasteiger partial charge in [0.05, 0.1) is 11.1 Å². The van der Waals surface area contributed by atoms with Crippen molar-refractivity contribution >= 4 is 23.7 Å². The Hall–Kier alpha value is -2.70. The van der Waals surface area contributed by atoms with Gasteiger partial charge in [-0.25, -0.2) is 4.79 Å². The average Bonchev–Trinajstić information content (AvgIpc) is 2.92. The summed E-state index contributed by atoms with van der Waals surface area (Å²) in [7, 11) is 0. The molecule has 0 saturated carbocycles. The zero-order chi connectivity index (χ0) is 17.0. The molecule has 0 aliphatic carbocycles. The second kappa shape index (κ2) is 5.15. The molecule has 1 aromatic carbocycles. The van der Waals surface area contributed by atoms with Crippen molar-refractivity contribution in [3.8, 4) is 0 Å². The Kier molecular flexibility index (Phi) is 3.19. The van der Waals surface area contributed by atoms with E-state index < -0.39 is 42.0 Å². The number of amides is 3. The highest BCUT2D eigenvalue weighted by Gasteiger charge is 2.50. The van der Waals surface area contributed by atoms with Crippen molar-refractivity contribution in [2.45, 2.75) is 44.5 Å². The number of nitrogens with zero attached hydrogens (tertiary/aromatic N) is 2. The predicted molar refractivity (Wildman–Crippen MR) is 80.8 cm³/mol. The minimum atomic E-state index is -0.889. The third-order valence-electron chi connectivity index (χ3n) is 4.93. The van der Waals surface area contributed by atoms with Crippen LogP contribution >= 0.6 is 0 Å². The Morgan fingerprint density at radius 2 is 1.62 bits per heavy atom. The lowest BCUT2D eigenvalue weighted by Crippen LogP contribution is -2.52. The van der Waals surface area contributed by atoms with Crippen LogP contribution in [-0.4, -0.2) is 51.8 Å². The SMILES string of the molecule is C[C@H]1C(=O)O[C@@H]2CCC[C@H](N3C(=O)c4ccccc4C3=O)C(=O)N21. The Morgan fingerprint density at radius 1 is 1.00 bits per heavy atom. The van der Waals surface area contributed by atoms with Crippen LogP contribution in [0.3, 0.4) is 0 Å². The Morgan fingerprint density at radius 3 is 2.25 bits per heavy atom. The lowest BCUT2D eigenvalue weighted by Gasteiger charge is -2.29. The third-order valence-corrected chi connectivity index (χ3v) is 4.93. The van der Waals surface area contributed by atoms with Gasteiger partial charge in [-0.15, -0.1) is 0 Å². The van der Waals surface area contributed by atoms with E-state index >= 15 is 0 Å². The van der Waals surface area contributed by atoms with E-state index in [1.807, 2.05) is 0 Å². The highest BCUT2D eigenvalue weighted by Crippen LogP contribution is 2.33.